The zero-order valence-corrected chi connectivity index (χ0v) is 17.4. The molecule has 0 aliphatic carbocycles. The van der Waals surface area contributed by atoms with Gasteiger partial charge in [-0.05, 0) is 25.2 Å². The van der Waals surface area contributed by atoms with Gasteiger partial charge >= 0.3 is 0 Å². The van der Waals surface area contributed by atoms with Crippen LogP contribution >= 0.6 is 0 Å². The minimum atomic E-state index is -0.268. The normalized spacial score (nSPS) is 13.0. The number of rotatable bonds is 17. The van der Waals surface area contributed by atoms with E-state index in [9.17, 15) is 9.90 Å². The topological polar surface area (TPSA) is 63.3 Å². The van der Waals surface area contributed by atoms with E-state index >= 15 is 0 Å². The Morgan fingerprint density at radius 1 is 0.846 bits per heavy atom. The van der Waals surface area contributed by atoms with Crippen molar-refractivity contribution in [1.82, 2.24) is 0 Å². The summed E-state index contributed by atoms with van der Waals surface area (Å²) in [5, 5.41) is 9.17. The SMILES string of the molecule is CCCCCCC#CCCCCCCCCCCC(C(N)=O)C(C)CO. The zero-order chi connectivity index (χ0) is 19.5. The van der Waals surface area contributed by atoms with Crippen LogP contribution in [0.5, 0.6) is 0 Å². The molecule has 0 heterocycles. The predicted molar refractivity (Wildman–Crippen MR) is 112 cm³/mol. The molecule has 3 heteroatoms. The second kappa shape index (κ2) is 18.8. The maximum atomic E-state index is 11.4. The van der Waals surface area contributed by atoms with Gasteiger partial charge in [0.25, 0.3) is 0 Å². The lowest BCUT2D eigenvalue weighted by Crippen LogP contribution is -2.30. The van der Waals surface area contributed by atoms with Crippen LogP contribution in [0, 0.1) is 23.7 Å². The monoisotopic (exact) mass is 365 g/mol. The fourth-order valence-corrected chi connectivity index (χ4v) is 3.29. The van der Waals surface area contributed by atoms with Gasteiger partial charge in [-0.1, -0.05) is 78.1 Å². The standard InChI is InChI=1S/C23H43NO2/c1-3-4-5-6-7-8-9-10-11-12-13-14-15-16-17-18-19-22(23(24)26)21(2)20-25/h21-22,25H,3-7,10-20H2,1-2H3,(H2,24,26). The Labute approximate surface area is 162 Å². The van der Waals surface area contributed by atoms with Crippen LogP contribution in [0.3, 0.4) is 0 Å². The lowest BCUT2D eigenvalue weighted by atomic mass is 9.89. The molecule has 26 heavy (non-hydrogen) atoms. The summed E-state index contributed by atoms with van der Waals surface area (Å²) < 4.78 is 0. The molecule has 0 rings (SSSR count). The second-order valence-electron chi connectivity index (χ2n) is 7.70. The Kier molecular flexibility index (Phi) is 18.0. The first kappa shape index (κ1) is 25.0. The lowest BCUT2D eigenvalue weighted by Gasteiger charge is -2.18. The number of carbonyl (C=O) groups is 1. The van der Waals surface area contributed by atoms with E-state index in [1.54, 1.807) is 0 Å². The smallest absolute Gasteiger partial charge is 0.220 e. The molecule has 0 bridgehead atoms. The van der Waals surface area contributed by atoms with Crippen LogP contribution in [-0.4, -0.2) is 17.6 Å². The fraction of sp³-hybridized carbons (Fsp3) is 0.870. The van der Waals surface area contributed by atoms with E-state index < -0.39 is 0 Å². The molecule has 2 atom stereocenters. The molecule has 2 unspecified atom stereocenters. The Bertz CT molecular complexity index is 383. The van der Waals surface area contributed by atoms with E-state index in [4.69, 9.17) is 5.73 Å². The van der Waals surface area contributed by atoms with Crippen molar-refractivity contribution in [3.8, 4) is 11.8 Å². The molecule has 0 aliphatic rings. The summed E-state index contributed by atoms with van der Waals surface area (Å²) in [6, 6.07) is 0. The van der Waals surface area contributed by atoms with Gasteiger partial charge in [0.2, 0.25) is 5.91 Å². The van der Waals surface area contributed by atoms with Crippen molar-refractivity contribution in [3.05, 3.63) is 0 Å². The molecular weight excluding hydrogens is 322 g/mol. The Morgan fingerprint density at radius 3 is 1.77 bits per heavy atom. The molecule has 0 aromatic carbocycles. The fourth-order valence-electron chi connectivity index (χ4n) is 3.29. The van der Waals surface area contributed by atoms with E-state index in [0.29, 0.717) is 0 Å². The van der Waals surface area contributed by atoms with Gasteiger partial charge in [0.15, 0.2) is 0 Å². The van der Waals surface area contributed by atoms with Crippen LogP contribution in [0.4, 0.5) is 0 Å². The van der Waals surface area contributed by atoms with Crippen molar-refractivity contribution in [2.75, 3.05) is 6.61 Å². The number of hydrogen-bond donors (Lipinski definition) is 2. The van der Waals surface area contributed by atoms with Crippen molar-refractivity contribution in [2.45, 2.75) is 110 Å². The average molecular weight is 366 g/mol. The van der Waals surface area contributed by atoms with Crippen molar-refractivity contribution in [1.29, 1.82) is 0 Å². The van der Waals surface area contributed by atoms with E-state index in [1.807, 2.05) is 6.92 Å². The number of amides is 1. The van der Waals surface area contributed by atoms with Gasteiger partial charge < -0.3 is 10.8 Å². The number of aliphatic hydroxyl groups excluding tert-OH is 1. The molecule has 1 amide bonds. The predicted octanol–water partition coefficient (Wildman–Crippen LogP) is 5.59. The highest BCUT2D eigenvalue weighted by Crippen LogP contribution is 2.19. The van der Waals surface area contributed by atoms with Gasteiger partial charge in [-0.15, -0.1) is 11.8 Å². The van der Waals surface area contributed by atoms with Gasteiger partial charge in [0.1, 0.15) is 0 Å². The number of carbonyl (C=O) groups excluding carboxylic acids is 1. The first-order chi connectivity index (χ1) is 12.6. The third kappa shape index (κ3) is 15.3. The van der Waals surface area contributed by atoms with Crippen molar-refractivity contribution in [3.63, 3.8) is 0 Å². The quantitative estimate of drug-likeness (QED) is 0.261. The van der Waals surface area contributed by atoms with Crippen molar-refractivity contribution >= 4 is 5.91 Å². The van der Waals surface area contributed by atoms with E-state index in [1.165, 1.54) is 64.2 Å². The average Bonchev–Trinajstić information content (AvgIpc) is 2.63. The first-order valence-electron chi connectivity index (χ1n) is 11.0. The molecule has 0 saturated heterocycles. The third-order valence-corrected chi connectivity index (χ3v) is 5.19. The minimum absolute atomic E-state index is 0.0214. The highest BCUT2D eigenvalue weighted by Gasteiger charge is 2.21. The number of hydrogen-bond acceptors (Lipinski definition) is 2. The summed E-state index contributed by atoms with van der Waals surface area (Å²) in [6.45, 7) is 4.17. The van der Waals surface area contributed by atoms with Gasteiger partial charge in [0.05, 0.1) is 0 Å². The lowest BCUT2D eigenvalue weighted by molar-refractivity contribution is -0.124. The van der Waals surface area contributed by atoms with Crippen LogP contribution in [0.25, 0.3) is 0 Å². The molecular formula is C23H43NO2. The van der Waals surface area contributed by atoms with Crippen LogP contribution in [-0.2, 0) is 4.79 Å². The molecule has 0 spiro atoms. The molecule has 0 aromatic heterocycles. The Morgan fingerprint density at radius 2 is 1.31 bits per heavy atom. The maximum Gasteiger partial charge on any atom is 0.220 e. The summed E-state index contributed by atoms with van der Waals surface area (Å²) in [5.74, 6) is 6.15. The summed E-state index contributed by atoms with van der Waals surface area (Å²) in [5.41, 5.74) is 5.42. The van der Waals surface area contributed by atoms with Gasteiger partial charge in [-0.2, -0.15) is 0 Å². The van der Waals surface area contributed by atoms with Gasteiger partial charge in [-0.3, -0.25) is 4.79 Å². The van der Waals surface area contributed by atoms with E-state index in [2.05, 4.69) is 18.8 Å². The van der Waals surface area contributed by atoms with Crippen molar-refractivity contribution in [2.24, 2.45) is 17.6 Å². The molecule has 3 nitrogen and oxygen atoms in total. The zero-order valence-electron chi connectivity index (χ0n) is 17.4. The van der Waals surface area contributed by atoms with Crippen LogP contribution in [0.1, 0.15) is 110 Å². The molecule has 0 radical (unpaired) electrons. The van der Waals surface area contributed by atoms with Crippen molar-refractivity contribution < 1.29 is 9.90 Å². The summed E-state index contributed by atoms with van der Waals surface area (Å²) in [6.07, 6.45) is 18.0. The van der Waals surface area contributed by atoms with Gasteiger partial charge in [-0.25, -0.2) is 0 Å². The number of primary amides is 1. The molecule has 0 aromatic rings. The molecule has 3 N–H and O–H groups in total. The maximum absolute atomic E-state index is 11.4. The third-order valence-electron chi connectivity index (χ3n) is 5.19. The molecule has 0 saturated carbocycles. The van der Waals surface area contributed by atoms with Gasteiger partial charge in [0, 0.05) is 25.4 Å². The number of unbranched alkanes of at least 4 members (excludes halogenated alkanes) is 12. The summed E-state index contributed by atoms with van der Waals surface area (Å²) in [4.78, 5) is 11.4. The number of nitrogens with two attached hydrogens (primary N) is 1. The van der Waals surface area contributed by atoms with E-state index in [-0.39, 0.29) is 24.3 Å². The van der Waals surface area contributed by atoms with Crippen LogP contribution in [0.2, 0.25) is 0 Å². The summed E-state index contributed by atoms with van der Waals surface area (Å²) in [7, 11) is 0. The Balaban J connectivity index is 3.38. The van der Waals surface area contributed by atoms with Crippen LogP contribution in [0.15, 0.2) is 0 Å². The van der Waals surface area contributed by atoms with Crippen LogP contribution < -0.4 is 5.73 Å². The first-order valence-corrected chi connectivity index (χ1v) is 11.0. The Hall–Kier alpha value is -1.01. The highest BCUT2D eigenvalue weighted by atomic mass is 16.3. The minimum Gasteiger partial charge on any atom is -0.396 e. The molecule has 152 valence electrons. The molecule has 0 fully saturated rings. The second-order valence-corrected chi connectivity index (χ2v) is 7.70. The largest absolute Gasteiger partial charge is 0.396 e. The summed E-state index contributed by atoms with van der Waals surface area (Å²) >= 11 is 0. The van der Waals surface area contributed by atoms with E-state index in [0.717, 1.165) is 32.1 Å². The molecule has 0 aliphatic heterocycles. The number of aliphatic hydroxyl groups is 1. The highest BCUT2D eigenvalue weighted by molar-refractivity contribution is 5.76.